The minimum Gasteiger partial charge on any atom is -0.384 e. The number of carbonyl (C=O) groups is 1. The van der Waals surface area contributed by atoms with Crippen molar-refractivity contribution in [3.63, 3.8) is 0 Å². The first-order chi connectivity index (χ1) is 11.2. The summed E-state index contributed by atoms with van der Waals surface area (Å²) in [5.41, 5.74) is 2.73. The molecular weight excluding hydrogens is 324 g/mol. The number of piperidine rings is 1. The molecule has 0 spiro atoms. The summed E-state index contributed by atoms with van der Waals surface area (Å²) in [5.74, 6) is 0.771. The van der Waals surface area contributed by atoms with Gasteiger partial charge >= 0.3 is 0 Å². The van der Waals surface area contributed by atoms with Crippen LogP contribution in [0.1, 0.15) is 36.3 Å². The predicted molar refractivity (Wildman–Crippen MR) is 98.7 cm³/mol. The van der Waals surface area contributed by atoms with Crippen molar-refractivity contribution >= 4 is 18.3 Å². The molecule has 24 heavy (non-hydrogen) atoms. The molecule has 0 bridgehead atoms. The van der Waals surface area contributed by atoms with Crippen molar-refractivity contribution in [2.45, 2.75) is 32.1 Å². The Labute approximate surface area is 151 Å². The van der Waals surface area contributed by atoms with Crippen LogP contribution in [0, 0.1) is 18.3 Å². The average molecular weight is 353 g/mol. The lowest BCUT2D eigenvalue weighted by Crippen LogP contribution is -2.47. The fourth-order valence-electron chi connectivity index (χ4n) is 3.87. The number of nitrogens with one attached hydrogen (secondary N) is 2. The zero-order chi connectivity index (χ0) is 16.3. The summed E-state index contributed by atoms with van der Waals surface area (Å²) in [6.07, 6.45) is 3.11. The minimum absolute atomic E-state index is 0. The Bertz CT molecular complexity index is 553. The van der Waals surface area contributed by atoms with Crippen molar-refractivity contribution in [2.75, 3.05) is 33.4 Å². The van der Waals surface area contributed by atoms with E-state index in [0.717, 1.165) is 45.5 Å². The second-order valence-corrected chi connectivity index (χ2v) is 7.21. The van der Waals surface area contributed by atoms with Crippen molar-refractivity contribution in [2.24, 2.45) is 11.3 Å². The van der Waals surface area contributed by atoms with E-state index in [1.165, 1.54) is 11.1 Å². The molecule has 0 radical (unpaired) electrons. The molecule has 2 unspecified atom stereocenters. The number of carbonyl (C=O) groups excluding carboxylic acids is 1. The Morgan fingerprint density at radius 2 is 2.04 bits per heavy atom. The molecule has 2 atom stereocenters. The number of aryl methyl sites for hydroxylation is 1. The van der Waals surface area contributed by atoms with Gasteiger partial charge in [-0.25, -0.2) is 0 Å². The smallest absolute Gasteiger partial charge is 0.223 e. The summed E-state index contributed by atoms with van der Waals surface area (Å²) >= 11 is 0. The monoisotopic (exact) mass is 352 g/mol. The van der Waals surface area contributed by atoms with Gasteiger partial charge in [-0.3, -0.25) is 4.79 Å². The first-order valence-corrected chi connectivity index (χ1v) is 8.68. The van der Waals surface area contributed by atoms with Crippen LogP contribution < -0.4 is 10.6 Å². The molecule has 1 saturated carbocycles. The van der Waals surface area contributed by atoms with Crippen LogP contribution in [-0.4, -0.2) is 39.3 Å². The number of amides is 1. The maximum Gasteiger partial charge on any atom is 0.223 e. The first kappa shape index (κ1) is 19.2. The summed E-state index contributed by atoms with van der Waals surface area (Å²) < 4.78 is 5.42. The van der Waals surface area contributed by atoms with Crippen LogP contribution in [0.25, 0.3) is 0 Å². The number of hydrogen-bond donors (Lipinski definition) is 2. The summed E-state index contributed by atoms with van der Waals surface area (Å²) in [4.78, 5) is 12.5. The maximum absolute atomic E-state index is 12.5. The Balaban J connectivity index is 0.00000208. The Hall–Kier alpha value is -1.10. The molecule has 2 aliphatic rings. The predicted octanol–water partition coefficient (Wildman–Crippen LogP) is 2.65. The van der Waals surface area contributed by atoms with E-state index in [-0.39, 0.29) is 29.6 Å². The Morgan fingerprint density at radius 1 is 1.33 bits per heavy atom. The second kappa shape index (κ2) is 8.32. The van der Waals surface area contributed by atoms with Gasteiger partial charge in [-0.2, -0.15) is 0 Å². The van der Waals surface area contributed by atoms with Crippen LogP contribution in [0.5, 0.6) is 0 Å². The van der Waals surface area contributed by atoms with E-state index in [4.69, 9.17) is 4.74 Å². The molecule has 4 nitrogen and oxygen atoms in total. The highest BCUT2D eigenvalue weighted by molar-refractivity contribution is 5.85. The number of halogens is 1. The molecular formula is C19H29ClN2O2. The fraction of sp³-hybridized carbons (Fsp3) is 0.632. The zero-order valence-corrected chi connectivity index (χ0v) is 15.5. The Morgan fingerprint density at radius 3 is 2.71 bits per heavy atom. The molecule has 1 aromatic rings. The second-order valence-electron chi connectivity index (χ2n) is 7.21. The van der Waals surface area contributed by atoms with E-state index in [1.54, 1.807) is 7.11 Å². The molecule has 1 aromatic carbocycles. The molecule has 2 N–H and O–H groups in total. The van der Waals surface area contributed by atoms with Gasteiger partial charge in [0.05, 0.1) is 6.61 Å². The van der Waals surface area contributed by atoms with Gasteiger partial charge in [0.1, 0.15) is 0 Å². The molecule has 5 heteroatoms. The van der Waals surface area contributed by atoms with Gasteiger partial charge < -0.3 is 15.4 Å². The van der Waals surface area contributed by atoms with Crippen LogP contribution in [0.4, 0.5) is 0 Å². The lowest BCUT2D eigenvalue weighted by Gasteiger charge is -2.37. The molecule has 2 fully saturated rings. The van der Waals surface area contributed by atoms with E-state index >= 15 is 0 Å². The van der Waals surface area contributed by atoms with Crippen LogP contribution >= 0.6 is 12.4 Å². The SMILES string of the molecule is COCC1(CNC(=O)C2CC2c2ccccc2C)CCNCC1.Cl. The highest BCUT2D eigenvalue weighted by Crippen LogP contribution is 2.48. The summed E-state index contributed by atoms with van der Waals surface area (Å²) in [7, 11) is 1.75. The van der Waals surface area contributed by atoms with Gasteiger partial charge in [0.2, 0.25) is 5.91 Å². The third kappa shape index (κ3) is 4.29. The van der Waals surface area contributed by atoms with Crippen LogP contribution in [0.15, 0.2) is 24.3 Å². The zero-order valence-electron chi connectivity index (χ0n) is 14.6. The molecule has 1 aliphatic heterocycles. The quantitative estimate of drug-likeness (QED) is 0.827. The lowest BCUT2D eigenvalue weighted by atomic mass is 9.79. The van der Waals surface area contributed by atoms with E-state index < -0.39 is 0 Å². The fourth-order valence-corrected chi connectivity index (χ4v) is 3.87. The van der Waals surface area contributed by atoms with Crippen molar-refractivity contribution in [3.8, 4) is 0 Å². The minimum atomic E-state index is 0. The van der Waals surface area contributed by atoms with Crippen LogP contribution in [0.3, 0.4) is 0 Å². The van der Waals surface area contributed by atoms with Gasteiger partial charge in [0, 0.05) is 25.0 Å². The summed E-state index contributed by atoms with van der Waals surface area (Å²) in [6.45, 7) is 5.60. The van der Waals surface area contributed by atoms with Gasteiger partial charge in [0.15, 0.2) is 0 Å². The number of benzene rings is 1. The van der Waals surface area contributed by atoms with Crippen molar-refractivity contribution < 1.29 is 9.53 Å². The highest BCUT2D eigenvalue weighted by atomic mass is 35.5. The van der Waals surface area contributed by atoms with Gasteiger partial charge in [-0.05, 0) is 56.3 Å². The standard InChI is InChI=1S/C19H28N2O2.ClH/c1-14-5-3-4-6-15(14)16-11-17(16)18(22)21-12-19(13-23-2)7-9-20-10-8-19;/h3-6,16-17,20H,7-13H2,1-2H3,(H,21,22);1H. The third-order valence-electron chi connectivity index (χ3n) is 5.47. The summed E-state index contributed by atoms with van der Waals surface area (Å²) in [5, 5.41) is 6.60. The molecule has 1 heterocycles. The van der Waals surface area contributed by atoms with Gasteiger partial charge in [-0.15, -0.1) is 12.4 Å². The maximum atomic E-state index is 12.5. The van der Waals surface area contributed by atoms with Crippen molar-refractivity contribution in [1.82, 2.24) is 10.6 Å². The van der Waals surface area contributed by atoms with E-state index in [1.807, 2.05) is 0 Å². The third-order valence-corrected chi connectivity index (χ3v) is 5.47. The van der Waals surface area contributed by atoms with Crippen LogP contribution in [-0.2, 0) is 9.53 Å². The van der Waals surface area contributed by atoms with Crippen LogP contribution in [0.2, 0.25) is 0 Å². The van der Waals surface area contributed by atoms with Crippen molar-refractivity contribution in [3.05, 3.63) is 35.4 Å². The molecule has 134 valence electrons. The molecule has 3 rings (SSSR count). The number of rotatable bonds is 6. The van der Waals surface area contributed by atoms with Crippen molar-refractivity contribution in [1.29, 1.82) is 0 Å². The van der Waals surface area contributed by atoms with Gasteiger partial charge in [0.25, 0.3) is 0 Å². The highest BCUT2D eigenvalue weighted by Gasteiger charge is 2.45. The number of ether oxygens (including phenoxy) is 1. The Kier molecular flexibility index (Phi) is 6.67. The first-order valence-electron chi connectivity index (χ1n) is 8.68. The molecule has 1 amide bonds. The van der Waals surface area contributed by atoms with E-state index in [2.05, 4.69) is 41.8 Å². The van der Waals surface area contributed by atoms with E-state index in [9.17, 15) is 4.79 Å². The largest absolute Gasteiger partial charge is 0.384 e. The van der Waals surface area contributed by atoms with Gasteiger partial charge in [-0.1, -0.05) is 24.3 Å². The molecule has 1 saturated heterocycles. The number of methoxy groups -OCH3 is 1. The number of hydrogen-bond acceptors (Lipinski definition) is 3. The van der Waals surface area contributed by atoms with E-state index in [0.29, 0.717) is 5.92 Å². The lowest BCUT2D eigenvalue weighted by molar-refractivity contribution is -0.123. The molecule has 0 aromatic heterocycles. The molecule has 1 aliphatic carbocycles. The topological polar surface area (TPSA) is 50.4 Å². The normalized spacial score (nSPS) is 24.8. The summed E-state index contributed by atoms with van der Waals surface area (Å²) in [6, 6.07) is 8.41. The average Bonchev–Trinajstić information content (AvgIpc) is 3.35.